The van der Waals surface area contributed by atoms with Gasteiger partial charge in [0.2, 0.25) is 0 Å². The fourth-order valence-corrected chi connectivity index (χ4v) is 6.08. The minimum absolute atomic E-state index is 0.142. The van der Waals surface area contributed by atoms with Gasteiger partial charge in [-0.25, -0.2) is 4.79 Å². The topological polar surface area (TPSA) is 101 Å². The molecule has 45 heavy (non-hydrogen) atoms. The fraction of sp³-hybridized carbons (Fsp3) is 0.667. The van der Waals surface area contributed by atoms with Gasteiger partial charge in [-0.2, -0.15) is 5.10 Å². The van der Waals surface area contributed by atoms with Crippen molar-refractivity contribution in [2.45, 2.75) is 155 Å². The van der Waals surface area contributed by atoms with Gasteiger partial charge in [0.15, 0.2) is 11.5 Å². The Kier molecular flexibility index (Phi) is 15.4. The monoisotopic (exact) mass is 641 g/mol. The summed E-state index contributed by atoms with van der Waals surface area (Å²) in [4.78, 5) is 28.2. The Bertz CT molecular complexity index is 1330. The maximum absolute atomic E-state index is 12.5. The van der Waals surface area contributed by atoms with Crippen LogP contribution in [0.4, 0.5) is 10.5 Å². The van der Waals surface area contributed by atoms with Crippen LogP contribution in [0.25, 0.3) is 17.0 Å². The quantitative estimate of drug-likeness (QED) is 0.113. The molecule has 2 aromatic heterocycles. The van der Waals surface area contributed by atoms with Crippen LogP contribution >= 0.6 is 11.6 Å². The molecule has 2 heterocycles. The van der Waals surface area contributed by atoms with E-state index in [0.717, 1.165) is 24.1 Å². The number of aromatic nitrogens is 4. The molecule has 0 aliphatic heterocycles. The van der Waals surface area contributed by atoms with Crippen molar-refractivity contribution in [2.24, 2.45) is 0 Å². The number of nitrogens with zero attached hydrogens (tertiary/aromatic N) is 3. The van der Waals surface area contributed by atoms with Gasteiger partial charge in [0.05, 0.1) is 5.69 Å². The van der Waals surface area contributed by atoms with Crippen molar-refractivity contribution < 1.29 is 14.3 Å². The molecule has 3 aromatic rings. The molecule has 9 heteroatoms. The van der Waals surface area contributed by atoms with E-state index in [1.807, 2.05) is 32.9 Å². The number of amides is 1. The standard InChI is InChI=1S/C36H56ClN5O3/c1-6-7-8-9-10-11-12-13-14-15-16-17-18-19-20-24-30(43)25-27(2)45-35(44)38-29-23-21-22-28(26-29)33-39-34-31(37)32(36(3,4)5)40-42(34)41-33/h21-23,26-27H,6-20,24-25H2,1-5H3,(H,38,44)(H,39,41). The average molecular weight is 642 g/mol. The van der Waals surface area contributed by atoms with Crippen LogP contribution in [0.3, 0.4) is 0 Å². The van der Waals surface area contributed by atoms with Crippen LogP contribution in [-0.2, 0) is 14.9 Å². The van der Waals surface area contributed by atoms with E-state index >= 15 is 0 Å². The molecule has 0 aliphatic rings. The summed E-state index contributed by atoms with van der Waals surface area (Å²) in [7, 11) is 0. The van der Waals surface area contributed by atoms with Crippen LogP contribution in [0.1, 0.15) is 149 Å². The predicted molar refractivity (Wildman–Crippen MR) is 185 cm³/mol. The number of H-pyrrole nitrogens is 1. The molecule has 1 unspecified atom stereocenters. The number of Topliss-reactive ketones (excluding diaryl/α,β-unsaturated/α-hetero) is 1. The van der Waals surface area contributed by atoms with Gasteiger partial charge in [-0.05, 0) is 25.5 Å². The minimum Gasteiger partial charge on any atom is -0.446 e. The number of fused-ring (bicyclic) bond motifs is 1. The minimum atomic E-state index is -0.591. The van der Waals surface area contributed by atoms with Crippen LogP contribution < -0.4 is 5.32 Å². The third-order valence-corrected chi connectivity index (χ3v) is 8.58. The second-order valence-corrected chi connectivity index (χ2v) is 14.0. The highest BCUT2D eigenvalue weighted by Crippen LogP contribution is 2.32. The first-order valence-electron chi connectivity index (χ1n) is 17.3. The van der Waals surface area contributed by atoms with Crippen molar-refractivity contribution in [1.29, 1.82) is 0 Å². The number of carbonyl (C=O) groups is 2. The van der Waals surface area contributed by atoms with Crippen molar-refractivity contribution in [3.8, 4) is 11.4 Å². The summed E-state index contributed by atoms with van der Waals surface area (Å²) in [6.45, 7) is 10.2. The van der Waals surface area contributed by atoms with Gasteiger partial charge >= 0.3 is 6.09 Å². The van der Waals surface area contributed by atoms with E-state index in [2.05, 4.69) is 27.4 Å². The average Bonchev–Trinajstić information content (AvgIpc) is 3.54. The molecule has 0 spiro atoms. The lowest BCUT2D eigenvalue weighted by molar-refractivity contribution is -0.120. The van der Waals surface area contributed by atoms with Crippen molar-refractivity contribution in [3.63, 3.8) is 0 Å². The lowest BCUT2D eigenvalue weighted by atomic mass is 9.92. The van der Waals surface area contributed by atoms with E-state index in [0.29, 0.717) is 28.6 Å². The van der Waals surface area contributed by atoms with Gasteiger partial charge in [0.25, 0.3) is 0 Å². The highest BCUT2D eigenvalue weighted by atomic mass is 35.5. The Morgan fingerprint density at radius 3 is 2.04 bits per heavy atom. The molecule has 0 saturated carbocycles. The lowest BCUT2D eigenvalue weighted by Crippen LogP contribution is -2.22. The van der Waals surface area contributed by atoms with Crippen LogP contribution in [0.2, 0.25) is 5.02 Å². The molecular weight excluding hydrogens is 586 g/mol. The van der Waals surface area contributed by atoms with Crippen LogP contribution in [0.5, 0.6) is 0 Å². The smallest absolute Gasteiger partial charge is 0.411 e. The second-order valence-electron chi connectivity index (χ2n) is 13.6. The third kappa shape index (κ3) is 12.8. The Hall–Kier alpha value is -2.87. The molecule has 0 saturated heterocycles. The molecular formula is C36H56ClN5O3. The number of aromatic amines is 1. The molecule has 250 valence electrons. The van der Waals surface area contributed by atoms with E-state index < -0.39 is 12.2 Å². The number of hydrogen-bond acceptors (Lipinski definition) is 5. The van der Waals surface area contributed by atoms with Gasteiger partial charge in [-0.1, -0.05) is 141 Å². The maximum atomic E-state index is 12.5. The largest absolute Gasteiger partial charge is 0.446 e. The van der Waals surface area contributed by atoms with Crippen molar-refractivity contribution in [3.05, 3.63) is 35.0 Å². The predicted octanol–water partition coefficient (Wildman–Crippen LogP) is 10.8. The molecule has 1 amide bonds. The second kappa shape index (κ2) is 18.9. The first-order valence-corrected chi connectivity index (χ1v) is 17.7. The zero-order valence-electron chi connectivity index (χ0n) is 28.4. The molecule has 0 radical (unpaired) electrons. The number of anilines is 1. The Morgan fingerprint density at radius 2 is 1.49 bits per heavy atom. The number of rotatable bonds is 21. The summed E-state index contributed by atoms with van der Waals surface area (Å²) >= 11 is 6.56. The fourth-order valence-electron chi connectivity index (χ4n) is 5.64. The maximum Gasteiger partial charge on any atom is 0.411 e. The molecule has 2 N–H and O–H groups in total. The van der Waals surface area contributed by atoms with Crippen LogP contribution in [0, 0.1) is 0 Å². The summed E-state index contributed by atoms with van der Waals surface area (Å²) in [5.74, 6) is 0.720. The number of ether oxygens (including phenoxy) is 1. The van der Waals surface area contributed by atoms with Crippen molar-refractivity contribution in [1.82, 2.24) is 19.8 Å². The number of hydrogen-bond donors (Lipinski definition) is 2. The lowest BCUT2D eigenvalue weighted by Gasteiger charge is -2.14. The molecule has 8 nitrogen and oxygen atoms in total. The zero-order valence-corrected chi connectivity index (χ0v) is 29.1. The van der Waals surface area contributed by atoms with Gasteiger partial charge in [0, 0.05) is 29.5 Å². The Morgan fingerprint density at radius 1 is 0.911 bits per heavy atom. The van der Waals surface area contributed by atoms with E-state index in [1.54, 1.807) is 19.1 Å². The van der Waals surface area contributed by atoms with Crippen LogP contribution in [-0.4, -0.2) is 37.8 Å². The van der Waals surface area contributed by atoms with E-state index in [9.17, 15) is 9.59 Å². The highest BCUT2D eigenvalue weighted by Gasteiger charge is 2.25. The normalized spacial score (nSPS) is 12.5. The SMILES string of the molecule is CCCCCCCCCCCCCCCCCC(=O)CC(C)OC(=O)Nc1cccc(-c2nn3nc(C(C)(C)C)c(Cl)c3[nH]2)c1. The third-order valence-electron chi connectivity index (χ3n) is 8.22. The number of ketones is 1. The molecule has 3 rings (SSSR count). The molecule has 1 atom stereocenters. The van der Waals surface area contributed by atoms with E-state index in [1.165, 1.54) is 88.1 Å². The van der Waals surface area contributed by atoms with Gasteiger partial charge in [-0.3, -0.25) is 10.1 Å². The van der Waals surface area contributed by atoms with Gasteiger partial charge < -0.3 is 9.72 Å². The molecule has 0 fully saturated rings. The Balaban J connectivity index is 1.27. The zero-order chi connectivity index (χ0) is 32.7. The summed E-state index contributed by atoms with van der Waals surface area (Å²) in [6.07, 6.45) is 19.2. The number of carbonyl (C=O) groups excluding carboxylic acids is 2. The Labute approximate surface area is 275 Å². The molecule has 1 aromatic carbocycles. The number of benzene rings is 1. The van der Waals surface area contributed by atoms with Crippen LogP contribution in [0.15, 0.2) is 24.3 Å². The number of halogens is 1. The van der Waals surface area contributed by atoms with Gasteiger partial charge in [0.1, 0.15) is 16.9 Å². The summed E-state index contributed by atoms with van der Waals surface area (Å²) in [5, 5.41) is 12.4. The first kappa shape index (κ1) is 36.6. The molecule has 0 aliphatic carbocycles. The number of nitrogens with one attached hydrogen (secondary N) is 2. The summed E-state index contributed by atoms with van der Waals surface area (Å²) in [5.41, 5.74) is 2.51. The van der Waals surface area contributed by atoms with Crippen molar-refractivity contribution >= 4 is 34.8 Å². The first-order chi connectivity index (χ1) is 21.6. The molecule has 0 bridgehead atoms. The highest BCUT2D eigenvalue weighted by molar-refractivity contribution is 6.34. The van der Waals surface area contributed by atoms with Gasteiger partial charge in [-0.15, -0.1) is 9.73 Å². The van der Waals surface area contributed by atoms with E-state index in [-0.39, 0.29) is 17.6 Å². The summed E-state index contributed by atoms with van der Waals surface area (Å²) < 4.78 is 6.97. The van der Waals surface area contributed by atoms with Crippen molar-refractivity contribution in [2.75, 3.05) is 5.32 Å². The summed E-state index contributed by atoms with van der Waals surface area (Å²) in [6, 6.07) is 7.27. The van der Waals surface area contributed by atoms with E-state index in [4.69, 9.17) is 16.3 Å². The number of unbranched alkanes of at least 4 members (excludes halogenated alkanes) is 14.